The standard InChI is InChI=1S/C26H33N5O.HI/c1-27-26(29-18-23-11-5-6-12-24(23)32-20-22-13-14-22)30-19-25-28-15-17-31(25)16-7-10-21-8-3-2-4-9-21;/h2-6,8-9,11-12,15,17,22H,7,10,13-14,16,18-20H2,1H3,(H2,27,29,30);1H. The maximum absolute atomic E-state index is 6.02. The molecule has 1 fully saturated rings. The monoisotopic (exact) mass is 559 g/mol. The van der Waals surface area contributed by atoms with Crippen molar-refractivity contribution in [3.8, 4) is 5.75 Å². The fraction of sp³-hybridized carbons (Fsp3) is 0.385. The summed E-state index contributed by atoms with van der Waals surface area (Å²) in [4.78, 5) is 8.89. The Morgan fingerprint density at radius 1 is 1.06 bits per heavy atom. The maximum atomic E-state index is 6.02. The summed E-state index contributed by atoms with van der Waals surface area (Å²) in [6.45, 7) is 3.05. The molecule has 176 valence electrons. The highest BCUT2D eigenvalue weighted by Crippen LogP contribution is 2.30. The summed E-state index contributed by atoms with van der Waals surface area (Å²) in [6.07, 6.45) is 8.64. The molecule has 1 saturated carbocycles. The van der Waals surface area contributed by atoms with Crippen LogP contribution in [0.1, 0.15) is 36.2 Å². The van der Waals surface area contributed by atoms with E-state index in [1.54, 1.807) is 7.05 Å². The Bertz CT molecular complexity index is 1000. The minimum atomic E-state index is 0. The average Bonchev–Trinajstić information content (AvgIpc) is 3.56. The largest absolute Gasteiger partial charge is 0.493 e. The Morgan fingerprint density at radius 2 is 1.82 bits per heavy atom. The van der Waals surface area contributed by atoms with Crippen LogP contribution in [0.15, 0.2) is 72.0 Å². The number of hydrogen-bond donors (Lipinski definition) is 2. The van der Waals surface area contributed by atoms with Gasteiger partial charge in [0.2, 0.25) is 0 Å². The summed E-state index contributed by atoms with van der Waals surface area (Å²) < 4.78 is 8.23. The summed E-state index contributed by atoms with van der Waals surface area (Å²) in [5.41, 5.74) is 2.51. The lowest BCUT2D eigenvalue weighted by atomic mass is 10.1. The Balaban J connectivity index is 0.00000306. The molecule has 0 bridgehead atoms. The molecular formula is C26H34IN5O. The van der Waals surface area contributed by atoms with E-state index in [1.807, 2.05) is 30.6 Å². The van der Waals surface area contributed by atoms with Gasteiger partial charge in [0.1, 0.15) is 11.6 Å². The molecule has 0 unspecified atom stereocenters. The van der Waals surface area contributed by atoms with E-state index in [9.17, 15) is 0 Å². The van der Waals surface area contributed by atoms with Crippen LogP contribution >= 0.6 is 24.0 Å². The molecule has 1 heterocycles. The van der Waals surface area contributed by atoms with Gasteiger partial charge in [-0.1, -0.05) is 48.5 Å². The van der Waals surface area contributed by atoms with Crippen LogP contribution in [0.4, 0.5) is 0 Å². The van der Waals surface area contributed by atoms with Crippen LogP contribution in [-0.4, -0.2) is 29.2 Å². The number of para-hydroxylation sites is 1. The number of imidazole rings is 1. The lowest BCUT2D eigenvalue weighted by Crippen LogP contribution is -2.37. The Labute approximate surface area is 213 Å². The topological polar surface area (TPSA) is 63.5 Å². The second kappa shape index (κ2) is 13.2. The summed E-state index contributed by atoms with van der Waals surface area (Å²) in [5.74, 6) is 3.45. The molecule has 1 aliphatic rings. The van der Waals surface area contributed by atoms with Gasteiger partial charge in [-0.05, 0) is 43.2 Å². The molecule has 2 N–H and O–H groups in total. The second-order valence-electron chi connectivity index (χ2n) is 8.27. The van der Waals surface area contributed by atoms with E-state index in [1.165, 1.54) is 18.4 Å². The molecule has 0 amide bonds. The van der Waals surface area contributed by atoms with E-state index in [0.29, 0.717) is 13.1 Å². The molecule has 6 nitrogen and oxygen atoms in total. The fourth-order valence-electron chi connectivity index (χ4n) is 3.65. The zero-order chi connectivity index (χ0) is 22.0. The normalized spacial score (nSPS) is 13.3. The number of ether oxygens (including phenoxy) is 1. The third kappa shape index (κ3) is 8.07. The van der Waals surface area contributed by atoms with Gasteiger partial charge >= 0.3 is 0 Å². The molecule has 1 aromatic heterocycles. The first-order chi connectivity index (χ1) is 15.8. The Hall–Kier alpha value is -2.55. The summed E-state index contributed by atoms with van der Waals surface area (Å²) in [6, 6.07) is 18.8. The molecule has 0 saturated heterocycles. The van der Waals surface area contributed by atoms with Gasteiger partial charge in [0.15, 0.2) is 5.96 Å². The number of benzene rings is 2. The van der Waals surface area contributed by atoms with Gasteiger partial charge in [0, 0.05) is 38.1 Å². The zero-order valence-corrected chi connectivity index (χ0v) is 21.6. The first-order valence-corrected chi connectivity index (χ1v) is 11.5. The van der Waals surface area contributed by atoms with Crippen molar-refractivity contribution in [2.75, 3.05) is 13.7 Å². The van der Waals surface area contributed by atoms with Crippen molar-refractivity contribution in [2.45, 2.75) is 45.3 Å². The van der Waals surface area contributed by atoms with E-state index in [2.05, 4.69) is 61.6 Å². The van der Waals surface area contributed by atoms with Crippen molar-refractivity contribution in [1.29, 1.82) is 0 Å². The van der Waals surface area contributed by atoms with Gasteiger partial charge < -0.3 is 19.9 Å². The third-order valence-electron chi connectivity index (χ3n) is 5.74. The quantitative estimate of drug-likeness (QED) is 0.202. The maximum Gasteiger partial charge on any atom is 0.191 e. The minimum absolute atomic E-state index is 0. The van der Waals surface area contributed by atoms with Crippen LogP contribution in [-0.2, 0) is 26.1 Å². The van der Waals surface area contributed by atoms with Gasteiger partial charge in [-0.15, -0.1) is 24.0 Å². The number of aromatic nitrogens is 2. The predicted molar refractivity (Wildman–Crippen MR) is 144 cm³/mol. The summed E-state index contributed by atoms with van der Waals surface area (Å²) in [5, 5.41) is 6.78. The smallest absolute Gasteiger partial charge is 0.191 e. The van der Waals surface area contributed by atoms with E-state index in [4.69, 9.17) is 4.74 Å². The number of nitrogens with one attached hydrogen (secondary N) is 2. The third-order valence-corrected chi connectivity index (χ3v) is 5.74. The number of aliphatic imine (C=N–C) groups is 1. The van der Waals surface area contributed by atoms with E-state index < -0.39 is 0 Å². The second-order valence-corrected chi connectivity index (χ2v) is 8.27. The van der Waals surface area contributed by atoms with Crippen molar-refractivity contribution in [1.82, 2.24) is 20.2 Å². The van der Waals surface area contributed by atoms with Crippen molar-refractivity contribution >= 4 is 29.9 Å². The number of nitrogens with zero attached hydrogens (tertiary/aromatic N) is 3. The Kier molecular flexibility index (Phi) is 10.1. The molecular weight excluding hydrogens is 525 g/mol. The first-order valence-electron chi connectivity index (χ1n) is 11.5. The lowest BCUT2D eigenvalue weighted by Gasteiger charge is -2.15. The van der Waals surface area contributed by atoms with Crippen LogP contribution in [0.25, 0.3) is 0 Å². The SMILES string of the molecule is CN=C(NCc1ccccc1OCC1CC1)NCc1nccn1CCCc1ccccc1.I. The molecule has 1 aliphatic carbocycles. The average molecular weight is 559 g/mol. The van der Waals surface area contributed by atoms with Gasteiger partial charge in [-0.25, -0.2) is 4.98 Å². The number of rotatable bonds is 11. The van der Waals surface area contributed by atoms with Crippen LogP contribution in [0.2, 0.25) is 0 Å². The number of halogens is 1. The van der Waals surface area contributed by atoms with Crippen LogP contribution < -0.4 is 15.4 Å². The highest BCUT2D eigenvalue weighted by molar-refractivity contribution is 14.0. The number of hydrogen-bond acceptors (Lipinski definition) is 3. The van der Waals surface area contributed by atoms with E-state index in [-0.39, 0.29) is 24.0 Å². The number of guanidine groups is 1. The van der Waals surface area contributed by atoms with Gasteiger partial charge in [-0.3, -0.25) is 4.99 Å². The molecule has 33 heavy (non-hydrogen) atoms. The zero-order valence-electron chi connectivity index (χ0n) is 19.2. The van der Waals surface area contributed by atoms with E-state index in [0.717, 1.165) is 55.0 Å². The number of aryl methyl sites for hydroxylation is 2. The van der Waals surface area contributed by atoms with Crippen molar-refractivity contribution in [3.63, 3.8) is 0 Å². The van der Waals surface area contributed by atoms with Crippen molar-refractivity contribution < 1.29 is 4.74 Å². The Morgan fingerprint density at radius 3 is 2.61 bits per heavy atom. The molecule has 2 aromatic carbocycles. The van der Waals surface area contributed by atoms with Gasteiger partial charge in [-0.2, -0.15) is 0 Å². The van der Waals surface area contributed by atoms with Crippen LogP contribution in [0.3, 0.4) is 0 Å². The predicted octanol–water partition coefficient (Wildman–Crippen LogP) is 4.79. The highest BCUT2D eigenvalue weighted by Gasteiger charge is 2.22. The molecule has 4 rings (SSSR count). The van der Waals surface area contributed by atoms with Crippen molar-refractivity contribution in [2.24, 2.45) is 10.9 Å². The minimum Gasteiger partial charge on any atom is -0.493 e. The fourth-order valence-corrected chi connectivity index (χ4v) is 3.65. The highest BCUT2D eigenvalue weighted by atomic mass is 127. The summed E-state index contributed by atoms with van der Waals surface area (Å²) >= 11 is 0. The molecule has 0 radical (unpaired) electrons. The van der Waals surface area contributed by atoms with Crippen molar-refractivity contribution in [3.05, 3.63) is 83.9 Å². The van der Waals surface area contributed by atoms with Gasteiger partial charge in [0.05, 0.1) is 13.2 Å². The van der Waals surface area contributed by atoms with Gasteiger partial charge in [0.25, 0.3) is 0 Å². The molecule has 7 heteroatoms. The lowest BCUT2D eigenvalue weighted by molar-refractivity contribution is 0.296. The van der Waals surface area contributed by atoms with E-state index >= 15 is 0 Å². The molecule has 3 aromatic rings. The van der Waals surface area contributed by atoms with Crippen LogP contribution in [0, 0.1) is 5.92 Å². The molecule has 0 aliphatic heterocycles. The summed E-state index contributed by atoms with van der Waals surface area (Å²) in [7, 11) is 1.79. The first kappa shape index (κ1) is 25.1. The molecule has 0 spiro atoms. The molecule has 0 atom stereocenters. The van der Waals surface area contributed by atoms with Crippen LogP contribution in [0.5, 0.6) is 5.75 Å².